The van der Waals surface area contributed by atoms with Crippen molar-refractivity contribution in [2.24, 2.45) is 10.4 Å². The number of alkyl halides is 3. The van der Waals surface area contributed by atoms with Gasteiger partial charge < -0.3 is 43.9 Å². The van der Waals surface area contributed by atoms with Crippen molar-refractivity contribution in [3.63, 3.8) is 0 Å². The summed E-state index contributed by atoms with van der Waals surface area (Å²) in [5.41, 5.74) is 1.21. The molecule has 2 saturated heterocycles. The zero-order valence-electron chi connectivity index (χ0n) is 35.0. The largest absolute Gasteiger partial charge is 0.497 e. The van der Waals surface area contributed by atoms with Crippen LogP contribution >= 0.6 is 11.6 Å². The van der Waals surface area contributed by atoms with Crippen molar-refractivity contribution in [1.29, 1.82) is 0 Å². The molecule has 1 amide bonds. The van der Waals surface area contributed by atoms with Gasteiger partial charge in [-0.05, 0) is 78.9 Å². The van der Waals surface area contributed by atoms with E-state index in [1.54, 1.807) is 37.5 Å². The Hall–Kier alpha value is -6.72. The van der Waals surface area contributed by atoms with Crippen molar-refractivity contribution >= 4 is 40.9 Å². The number of rotatable bonds is 14. The highest BCUT2D eigenvalue weighted by Crippen LogP contribution is 2.52. The van der Waals surface area contributed by atoms with Crippen LogP contribution in [0.4, 0.5) is 35.3 Å². The highest BCUT2D eigenvalue weighted by Gasteiger charge is 2.52. The van der Waals surface area contributed by atoms with E-state index in [2.05, 4.69) is 15.6 Å². The first-order valence-electron chi connectivity index (χ1n) is 20.4. The quantitative estimate of drug-likeness (QED) is 0.0974. The smallest absolute Gasteiger partial charge is 0.418 e. The topological polar surface area (TPSA) is 152 Å². The molecule has 0 spiro atoms. The van der Waals surface area contributed by atoms with Gasteiger partial charge in [-0.2, -0.15) is 13.2 Å². The molecular weight excluding hydrogens is 855 g/mol. The van der Waals surface area contributed by atoms with Gasteiger partial charge in [-0.1, -0.05) is 41.9 Å². The van der Waals surface area contributed by atoms with Crippen LogP contribution in [0, 0.1) is 12.3 Å². The van der Waals surface area contributed by atoms with E-state index in [1.165, 1.54) is 25.3 Å². The van der Waals surface area contributed by atoms with Gasteiger partial charge in [0.05, 0.1) is 73.8 Å². The standard InChI is InChI=1S/C46H43ClF3N7O7/c1-26-15-35(56(19-27-6-10-30(60-2)11-7-27)20-28-8-12-31(61-3)13-9-28)54-40(38(26)46(48,49)50)33-16-34-37-41(39(33)47)52-25-53-43(37)57(21-29-5-4-14-51-42(29)55-44(58)59)22-36(64-34)63-24-45-17-32(18-45)62-23-45/h4-16,22,32,52H,17-21,23-25H2,1-3H3,(H,51,55)(H,58,59). The number of benzene rings is 3. The summed E-state index contributed by atoms with van der Waals surface area (Å²) < 4.78 is 75.7. The Kier molecular flexibility index (Phi) is 11.4. The lowest BCUT2D eigenvalue weighted by Gasteiger charge is -2.34. The summed E-state index contributed by atoms with van der Waals surface area (Å²) in [5.74, 6) is 2.21. The molecule has 0 atom stereocenters. The Morgan fingerprint density at radius 2 is 1.73 bits per heavy atom. The zero-order chi connectivity index (χ0) is 44.8. The minimum Gasteiger partial charge on any atom is -0.497 e. The number of hydrogen-bond donors (Lipinski definition) is 3. The highest BCUT2D eigenvalue weighted by atomic mass is 35.5. The number of hydrogen-bond acceptors (Lipinski definition) is 12. The predicted octanol–water partition coefficient (Wildman–Crippen LogP) is 9.46. The second kappa shape index (κ2) is 17.1. The van der Waals surface area contributed by atoms with Gasteiger partial charge in [0.2, 0.25) is 0 Å². The lowest BCUT2D eigenvalue weighted by molar-refractivity contribution is -0.137. The molecule has 1 aliphatic carbocycles. The van der Waals surface area contributed by atoms with Crippen LogP contribution in [-0.4, -0.2) is 72.1 Å². The van der Waals surface area contributed by atoms with Gasteiger partial charge in [-0.25, -0.2) is 19.8 Å². The Bertz CT molecular complexity index is 2600. The molecule has 6 heterocycles. The van der Waals surface area contributed by atoms with Crippen LogP contribution in [0.3, 0.4) is 0 Å². The number of carbonyl (C=O) groups is 1. The normalized spacial score (nSPS) is 18.3. The Balaban J connectivity index is 1.17. The number of anilines is 3. The average Bonchev–Trinajstić information content (AvgIpc) is 3.84. The van der Waals surface area contributed by atoms with Crippen molar-refractivity contribution in [2.45, 2.75) is 51.7 Å². The van der Waals surface area contributed by atoms with Crippen LogP contribution in [0.5, 0.6) is 17.2 Å². The minimum atomic E-state index is -4.84. The SMILES string of the molecule is COc1ccc(CN(Cc2ccc(OC)cc2)c2cc(C)c(C(F)(F)F)c(-c3cc4c5c(c3Cl)NCN=C5N(Cc3cccnc3NC(=O)O)C=C(OCC35COC(C3)C5)O4)n2)cc1. The van der Waals surface area contributed by atoms with Gasteiger partial charge >= 0.3 is 18.2 Å². The molecule has 64 heavy (non-hydrogen) atoms. The fourth-order valence-corrected chi connectivity index (χ4v) is 8.87. The molecule has 2 aromatic heterocycles. The summed E-state index contributed by atoms with van der Waals surface area (Å²) in [6, 6.07) is 21.1. The molecule has 1 saturated carbocycles. The highest BCUT2D eigenvalue weighted by molar-refractivity contribution is 6.37. The number of amidine groups is 1. The molecule has 3 fully saturated rings. The fourth-order valence-electron chi connectivity index (χ4n) is 8.57. The molecule has 0 unspecified atom stereocenters. The number of methoxy groups -OCH3 is 2. The third kappa shape index (κ3) is 8.52. The number of aliphatic imine (C=N–C) groups is 1. The van der Waals surface area contributed by atoms with Crippen molar-refractivity contribution in [3.8, 4) is 28.5 Å². The van der Waals surface area contributed by atoms with Crippen LogP contribution in [0.2, 0.25) is 5.02 Å². The number of ether oxygens (including phenoxy) is 5. The second-order valence-electron chi connectivity index (χ2n) is 16.1. The van der Waals surface area contributed by atoms with E-state index in [-0.39, 0.29) is 89.6 Å². The molecule has 3 N–H and O–H groups in total. The lowest BCUT2D eigenvalue weighted by Crippen LogP contribution is -2.37. The lowest BCUT2D eigenvalue weighted by atomic mass is 9.71. The maximum absolute atomic E-state index is 15.4. The van der Waals surface area contributed by atoms with Crippen molar-refractivity contribution < 1.29 is 46.8 Å². The molecule has 2 bridgehead atoms. The number of nitrogens with one attached hydrogen (secondary N) is 2. The summed E-state index contributed by atoms with van der Waals surface area (Å²) >= 11 is 7.27. The summed E-state index contributed by atoms with van der Waals surface area (Å²) in [6.45, 7) is 2.82. The molecular formula is C46H43ClF3N7O7. The maximum atomic E-state index is 15.4. The third-order valence-electron chi connectivity index (χ3n) is 11.7. The Labute approximate surface area is 371 Å². The minimum absolute atomic E-state index is 0.00326. The summed E-state index contributed by atoms with van der Waals surface area (Å²) in [6.07, 6.45) is -1.23. The van der Waals surface area contributed by atoms with Gasteiger partial charge in [-0.15, -0.1) is 0 Å². The molecule has 5 aliphatic rings. The Morgan fingerprint density at radius 3 is 2.34 bits per heavy atom. The summed E-state index contributed by atoms with van der Waals surface area (Å²) in [4.78, 5) is 29.2. The summed E-state index contributed by atoms with van der Waals surface area (Å²) in [5, 5.41) is 15.0. The van der Waals surface area contributed by atoms with E-state index < -0.39 is 23.5 Å². The van der Waals surface area contributed by atoms with Crippen LogP contribution in [0.25, 0.3) is 11.3 Å². The molecule has 14 nitrogen and oxygen atoms in total. The van der Waals surface area contributed by atoms with E-state index in [4.69, 9.17) is 45.3 Å². The number of halogens is 4. The monoisotopic (exact) mass is 897 g/mol. The van der Waals surface area contributed by atoms with Crippen molar-refractivity contribution in [2.75, 3.05) is 49.6 Å². The van der Waals surface area contributed by atoms with Crippen LogP contribution in [-0.2, 0) is 35.3 Å². The number of nitrogens with zero attached hydrogens (tertiary/aromatic N) is 5. The van der Waals surface area contributed by atoms with Crippen molar-refractivity contribution in [3.05, 3.63) is 130 Å². The third-order valence-corrected chi connectivity index (χ3v) is 12.1. The number of aryl methyl sites for hydroxylation is 1. The first-order valence-corrected chi connectivity index (χ1v) is 20.8. The molecule has 18 heteroatoms. The van der Waals surface area contributed by atoms with Gasteiger partial charge in [0, 0.05) is 35.8 Å². The zero-order valence-corrected chi connectivity index (χ0v) is 35.7. The molecule has 0 radical (unpaired) electrons. The number of pyridine rings is 2. The number of carboxylic acid groups (broad SMARTS) is 1. The Morgan fingerprint density at radius 1 is 1.05 bits per heavy atom. The van der Waals surface area contributed by atoms with Gasteiger partial charge in [0.25, 0.3) is 0 Å². The van der Waals surface area contributed by atoms with E-state index in [9.17, 15) is 9.90 Å². The molecule has 4 aliphatic heterocycles. The number of fused-ring (bicyclic) bond motifs is 1. The van der Waals surface area contributed by atoms with Gasteiger partial charge in [0.1, 0.15) is 41.4 Å². The molecule has 5 aromatic rings. The molecule has 10 rings (SSSR count). The van der Waals surface area contributed by atoms with E-state index in [1.807, 2.05) is 53.4 Å². The predicted molar refractivity (Wildman–Crippen MR) is 233 cm³/mol. The van der Waals surface area contributed by atoms with Crippen LogP contribution < -0.4 is 29.7 Å². The average molecular weight is 898 g/mol. The number of aromatic nitrogens is 2. The molecule has 332 valence electrons. The van der Waals surface area contributed by atoms with Crippen LogP contribution in [0.1, 0.15) is 46.2 Å². The van der Waals surface area contributed by atoms with Gasteiger partial charge in [0.15, 0.2) is 0 Å². The van der Waals surface area contributed by atoms with Crippen molar-refractivity contribution in [1.82, 2.24) is 14.9 Å². The second-order valence-corrected chi connectivity index (χ2v) is 16.5. The van der Waals surface area contributed by atoms with E-state index in [0.29, 0.717) is 35.1 Å². The van der Waals surface area contributed by atoms with Gasteiger partial charge in [-0.3, -0.25) is 5.32 Å². The summed E-state index contributed by atoms with van der Waals surface area (Å²) in [7, 11) is 3.15. The van der Waals surface area contributed by atoms with Crippen LogP contribution in [0.15, 0.2) is 96.1 Å². The first-order chi connectivity index (χ1) is 30.8. The van der Waals surface area contributed by atoms with E-state index >= 15 is 13.2 Å². The fraction of sp³-hybridized carbons (Fsp3) is 0.304. The first kappa shape index (κ1) is 42.6. The number of amides is 1. The maximum Gasteiger partial charge on any atom is 0.418 e. The van der Waals surface area contributed by atoms with E-state index in [0.717, 1.165) is 24.0 Å². The molecule has 3 aromatic carbocycles.